The normalized spacial score (nSPS) is 11.3. The van der Waals surface area contributed by atoms with Gasteiger partial charge in [-0.2, -0.15) is 4.40 Å². The SMILES string of the molecule is c1ccc2c(c1)ccc1ccc3cccc[n+]3c12. The van der Waals surface area contributed by atoms with E-state index in [1.54, 1.807) is 0 Å². The maximum atomic E-state index is 2.26. The molecule has 0 unspecified atom stereocenters. The van der Waals surface area contributed by atoms with Gasteiger partial charge >= 0.3 is 0 Å². The van der Waals surface area contributed by atoms with Gasteiger partial charge in [0.2, 0.25) is 11.0 Å². The molecule has 0 spiro atoms. The van der Waals surface area contributed by atoms with Gasteiger partial charge in [0.15, 0.2) is 6.20 Å². The maximum absolute atomic E-state index is 2.26. The summed E-state index contributed by atoms with van der Waals surface area (Å²) in [4.78, 5) is 0. The van der Waals surface area contributed by atoms with Crippen molar-refractivity contribution in [2.75, 3.05) is 0 Å². The minimum atomic E-state index is 1.22. The van der Waals surface area contributed by atoms with Crippen LogP contribution in [0.25, 0.3) is 27.2 Å². The van der Waals surface area contributed by atoms with Crippen molar-refractivity contribution in [1.82, 2.24) is 0 Å². The van der Waals surface area contributed by atoms with Crippen LogP contribution in [0.15, 0.2) is 72.9 Å². The van der Waals surface area contributed by atoms with E-state index in [2.05, 4.69) is 77.3 Å². The average molecular weight is 230 g/mol. The van der Waals surface area contributed by atoms with Crippen LogP contribution in [-0.4, -0.2) is 0 Å². The number of aromatic nitrogens is 1. The lowest BCUT2D eigenvalue weighted by Crippen LogP contribution is -2.21. The average Bonchev–Trinajstić information content (AvgIpc) is 2.46. The Morgan fingerprint density at radius 1 is 0.611 bits per heavy atom. The van der Waals surface area contributed by atoms with Crippen molar-refractivity contribution in [2.45, 2.75) is 0 Å². The molecule has 0 aliphatic heterocycles. The lowest BCUT2D eigenvalue weighted by Gasteiger charge is -2.01. The highest BCUT2D eigenvalue weighted by molar-refractivity contribution is 6.03. The second-order valence-electron chi connectivity index (χ2n) is 4.55. The largest absolute Gasteiger partial charge is 0.226 e. The summed E-state index contributed by atoms with van der Waals surface area (Å²) in [5, 5.41) is 3.86. The Balaban J connectivity index is 2.38. The minimum absolute atomic E-state index is 1.22. The first-order valence-corrected chi connectivity index (χ1v) is 6.14. The minimum Gasteiger partial charge on any atom is -0.159 e. The van der Waals surface area contributed by atoms with Crippen molar-refractivity contribution < 1.29 is 4.40 Å². The van der Waals surface area contributed by atoms with Crippen LogP contribution in [0.4, 0.5) is 0 Å². The number of benzene rings is 2. The highest BCUT2D eigenvalue weighted by Gasteiger charge is 2.11. The highest BCUT2D eigenvalue weighted by Crippen LogP contribution is 2.22. The Morgan fingerprint density at radius 3 is 2.39 bits per heavy atom. The van der Waals surface area contributed by atoms with Gasteiger partial charge in [0.05, 0.1) is 5.39 Å². The molecule has 0 atom stereocenters. The molecule has 84 valence electrons. The van der Waals surface area contributed by atoms with E-state index in [1.165, 1.54) is 27.2 Å². The third-order valence-electron chi connectivity index (χ3n) is 3.50. The van der Waals surface area contributed by atoms with Crippen LogP contribution in [0.2, 0.25) is 0 Å². The number of rotatable bonds is 0. The molecule has 1 heteroatoms. The molecule has 4 rings (SSSR count). The summed E-state index contributed by atoms with van der Waals surface area (Å²) in [6.07, 6.45) is 2.13. The van der Waals surface area contributed by atoms with E-state index in [9.17, 15) is 0 Å². The fraction of sp³-hybridized carbons (Fsp3) is 0. The summed E-state index contributed by atoms with van der Waals surface area (Å²) >= 11 is 0. The van der Waals surface area contributed by atoms with Gasteiger partial charge in [-0.05, 0) is 29.7 Å². The Labute approximate surface area is 105 Å². The number of hydrogen-bond acceptors (Lipinski definition) is 0. The summed E-state index contributed by atoms with van der Waals surface area (Å²) in [6, 6.07) is 23.6. The van der Waals surface area contributed by atoms with E-state index in [0.717, 1.165) is 0 Å². The fourth-order valence-electron chi connectivity index (χ4n) is 2.65. The van der Waals surface area contributed by atoms with Crippen LogP contribution in [-0.2, 0) is 0 Å². The smallest absolute Gasteiger partial charge is 0.159 e. The molecule has 1 nitrogen and oxygen atoms in total. The lowest BCUT2D eigenvalue weighted by atomic mass is 10.1. The Kier molecular flexibility index (Phi) is 1.89. The third-order valence-corrected chi connectivity index (χ3v) is 3.50. The van der Waals surface area contributed by atoms with Gasteiger partial charge in [0.25, 0.3) is 0 Å². The van der Waals surface area contributed by atoms with Crippen LogP contribution >= 0.6 is 0 Å². The van der Waals surface area contributed by atoms with Gasteiger partial charge in [0, 0.05) is 23.6 Å². The molecule has 0 saturated carbocycles. The maximum Gasteiger partial charge on any atom is 0.226 e. The van der Waals surface area contributed by atoms with Gasteiger partial charge in [-0.25, -0.2) is 0 Å². The summed E-state index contributed by atoms with van der Waals surface area (Å²) in [7, 11) is 0. The van der Waals surface area contributed by atoms with Crippen molar-refractivity contribution in [3.8, 4) is 0 Å². The van der Waals surface area contributed by atoms with Crippen LogP contribution in [0.3, 0.4) is 0 Å². The van der Waals surface area contributed by atoms with Crippen molar-refractivity contribution in [1.29, 1.82) is 0 Å². The van der Waals surface area contributed by atoms with Crippen LogP contribution in [0, 0.1) is 0 Å². The molecule has 2 aromatic heterocycles. The summed E-state index contributed by atoms with van der Waals surface area (Å²) < 4.78 is 2.26. The van der Waals surface area contributed by atoms with Crippen LogP contribution < -0.4 is 4.40 Å². The van der Waals surface area contributed by atoms with Gasteiger partial charge < -0.3 is 0 Å². The lowest BCUT2D eigenvalue weighted by molar-refractivity contribution is -0.480. The molecule has 2 aromatic carbocycles. The summed E-state index contributed by atoms with van der Waals surface area (Å²) in [5.74, 6) is 0. The highest BCUT2D eigenvalue weighted by atomic mass is 14.9. The van der Waals surface area contributed by atoms with E-state index in [-0.39, 0.29) is 0 Å². The van der Waals surface area contributed by atoms with Crippen LogP contribution in [0.1, 0.15) is 0 Å². The van der Waals surface area contributed by atoms with Crippen molar-refractivity contribution in [3.05, 3.63) is 72.9 Å². The van der Waals surface area contributed by atoms with Crippen molar-refractivity contribution in [3.63, 3.8) is 0 Å². The number of hydrogen-bond donors (Lipinski definition) is 0. The molecule has 0 aliphatic rings. The Bertz CT molecular complexity index is 807. The molecule has 0 aliphatic carbocycles. The molecule has 0 bridgehead atoms. The first kappa shape index (κ1) is 9.60. The van der Waals surface area contributed by atoms with E-state index in [0.29, 0.717) is 0 Å². The Morgan fingerprint density at radius 2 is 1.39 bits per heavy atom. The fourth-order valence-corrected chi connectivity index (χ4v) is 2.65. The topological polar surface area (TPSA) is 4.10 Å². The second kappa shape index (κ2) is 3.54. The first-order valence-electron chi connectivity index (χ1n) is 6.14. The zero-order valence-corrected chi connectivity index (χ0v) is 9.88. The molecule has 18 heavy (non-hydrogen) atoms. The quantitative estimate of drug-likeness (QED) is 0.320. The first-order chi connectivity index (χ1) is 8.93. The molecular weight excluding hydrogens is 218 g/mol. The molecule has 0 N–H and O–H groups in total. The second-order valence-corrected chi connectivity index (χ2v) is 4.55. The van der Waals surface area contributed by atoms with Crippen molar-refractivity contribution >= 4 is 27.2 Å². The van der Waals surface area contributed by atoms with Crippen LogP contribution in [0.5, 0.6) is 0 Å². The number of pyridine rings is 2. The molecular formula is C17H12N+. The predicted octanol–water partition coefficient (Wildman–Crippen LogP) is 3.73. The van der Waals surface area contributed by atoms with E-state index in [4.69, 9.17) is 0 Å². The van der Waals surface area contributed by atoms with Gasteiger partial charge in [-0.15, -0.1) is 0 Å². The monoisotopic (exact) mass is 230 g/mol. The van der Waals surface area contributed by atoms with Crippen molar-refractivity contribution in [2.24, 2.45) is 0 Å². The summed E-state index contributed by atoms with van der Waals surface area (Å²) in [5.41, 5.74) is 2.51. The van der Waals surface area contributed by atoms with Gasteiger partial charge in [0.1, 0.15) is 0 Å². The molecule has 4 aromatic rings. The van der Waals surface area contributed by atoms with E-state index < -0.39 is 0 Å². The van der Waals surface area contributed by atoms with E-state index in [1.807, 2.05) is 0 Å². The summed E-state index contributed by atoms with van der Waals surface area (Å²) in [6.45, 7) is 0. The standard InChI is InChI=1S/C17H12N/c1-2-7-16-13(5-1)8-9-14-10-11-15-6-3-4-12-18(15)17(14)16/h1-12H/q+1. The molecule has 0 amide bonds. The molecule has 0 fully saturated rings. The van der Waals surface area contributed by atoms with Gasteiger partial charge in [-0.1, -0.05) is 24.3 Å². The van der Waals surface area contributed by atoms with E-state index >= 15 is 0 Å². The zero-order chi connectivity index (χ0) is 11.9. The Hall–Kier alpha value is -2.41. The zero-order valence-electron chi connectivity index (χ0n) is 9.88. The number of nitrogens with zero attached hydrogens (tertiary/aromatic N) is 1. The molecule has 2 heterocycles. The third kappa shape index (κ3) is 1.25. The molecule has 0 radical (unpaired) electrons. The molecule has 0 saturated heterocycles. The van der Waals surface area contributed by atoms with Gasteiger partial charge in [-0.3, -0.25) is 0 Å². The predicted molar refractivity (Wildman–Crippen MR) is 74.6 cm³/mol. The number of fused-ring (bicyclic) bond motifs is 5.